The minimum absolute atomic E-state index is 0.268. The van der Waals surface area contributed by atoms with Crippen molar-refractivity contribution in [3.8, 4) is 18.2 Å². The van der Waals surface area contributed by atoms with Crippen molar-refractivity contribution in [2.45, 2.75) is 0 Å². The molecule has 0 spiro atoms. The highest BCUT2D eigenvalue weighted by Crippen LogP contribution is 2.23. The number of nitrogens with zero attached hydrogens (tertiary/aromatic N) is 4. The Bertz CT molecular complexity index is 789. The van der Waals surface area contributed by atoms with Crippen LogP contribution in [0.1, 0.15) is 16.7 Å². The van der Waals surface area contributed by atoms with E-state index in [0.717, 1.165) is 0 Å². The van der Waals surface area contributed by atoms with Crippen LogP contribution in [0.5, 0.6) is 0 Å². The summed E-state index contributed by atoms with van der Waals surface area (Å²) in [7, 11) is 0. The maximum Gasteiger partial charge on any atom is 0.153 e. The van der Waals surface area contributed by atoms with Gasteiger partial charge in [-0.15, -0.1) is 0 Å². The molecular weight excluding hydrogens is 252 g/mol. The molecule has 20 heavy (non-hydrogen) atoms. The van der Waals surface area contributed by atoms with Crippen molar-refractivity contribution in [3.05, 3.63) is 47.2 Å². The minimum atomic E-state index is 0.268. The smallest absolute Gasteiger partial charge is 0.153 e. The van der Waals surface area contributed by atoms with Gasteiger partial charge in [-0.05, 0) is 24.3 Å². The Labute approximate surface area is 115 Å². The average molecular weight is 260 g/mol. The Morgan fingerprint density at radius 2 is 1.75 bits per heavy atom. The third-order valence-corrected chi connectivity index (χ3v) is 2.57. The van der Waals surface area contributed by atoms with Crippen LogP contribution in [-0.4, -0.2) is 4.98 Å². The minimum Gasteiger partial charge on any atom is -0.396 e. The quantitative estimate of drug-likeness (QED) is 0.851. The first kappa shape index (κ1) is 12.9. The lowest BCUT2D eigenvalue weighted by atomic mass is 10.1. The maximum absolute atomic E-state index is 8.96. The number of pyridine rings is 1. The topological polar surface area (TPSA) is 122 Å². The van der Waals surface area contributed by atoms with E-state index < -0.39 is 0 Å². The third kappa shape index (κ3) is 2.48. The number of nitrogens with one attached hydrogen (secondary N) is 1. The molecule has 94 valence electrons. The van der Waals surface area contributed by atoms with E-state index in [2.05, 4.69) is 10.3 Å². The predicted molar refractivity (Wildman–Crippen MR) is 72.5 cm³/mol. The molecule has 6 heteroatoms. The number of nitriles is 3. The number of hydrogen-bond acceptors (Lipinski definition) is 6. The number of rotatable bonds is 2. The summed E-state index contributed by atoms with van der Waals surface area (Å²) < 4.78 is 0. The third-order valence-electron chi connectivity index (χ3n) is 2.57. The van der Waals surface area contributed by atoms with Gasteiger partial charge in [0.25, 0.3) is 0 Å². The first-order valence-electron chi connectivity index (χ1n) is 5.55. The second-order valence-corrected chi connectivity index (χ2v) is 3.88. The van der Waals surface area contributed by atoms with Gasteiger partial charge in [-0.25, -0.2) is 4.98 Å². The van der Waals surface area contributed by atoms with Gasteiger partial charge < -0.3 is 11.1 Å². The van der Waals surface area contributed by atoms with Crippen LogP contribution in [0.4, 0.5) is 17.2 Å². The molecule has 0 aliphatic rings. The van der Waals surface area contributed by atoms with E-state index >= 15 is 0 Å². The van der Waals surface area contributed by atoms with Crippen LogP contribution in [0.3, 0.4) is 0 Å². The normalized spacial score (nSPS) is 9.05. The molecule has 1 aromatic heterocycles. The molecule has 0 saturated carbocycles. The molecule has 0 radical (unpaired) electrons. The molecule has 0 unspecified atom stereocenters. The molecular formula is C14H8N6. The second kappa shape index (κ2) is 5.39. The van der Waals surface area contributed by atoms with Crippen molar-refractivity contribution in [2.75, 3.05) is 11.1 Å². The fourth-order valence-electron chi connectivity index (χ4n) is 1.60. The van der Waals surface area contributed by atoms with E-state index in [0.29, 0.717) is 28.3 Å². The molecule has 2 rings (SSSR count). The molecule has 0 saturated heterocycles. The molecule has 0 aliphatic carbocycles. The van der Waals surface area contributed by atoms with Crippen molar-refractivity contribution in [3.63, 3.8) is 0 Å². The summed E-state index contributed by atoms with van der Waals surface area (Å²) in [5.74, 6) is 0.387. The first-order chi connectivity index (χ1) is 9.67. The SMILES string of the molecule is N#Cc1cnc(Nc2ccc(C#N)c(C#N)c2)c(N)c1. The maximum atomic E-state index is 8.96. The van der Waals surface area contributed by atoms with E-state index in [1.165, 1.54) is 18.3 Å². The summed E-state index contributed by atoms with van der Waals surface area (Å²) in [6.07, 6.45) is 1.40. The average Bonchev–Trinajstić information content (AvgIpc) is 2.49. The lowest BCUT2D eigenvalue weighted by molar-refractivity contribution is 1.29. The molecule has 0 aliphatic heterocycles. The number of benzene rings is 1. The molecule has 0 atom stereocenters. The van der Waals surface area contributed by atoms with Crippen LogP contribution in [0.15, 0.2) is 30.5 Å². The highest BCUT2D eigenvalue weighted by Gasteiger charge is 2.06. The summed E-state index contributed by atoms with van der Waals surface area (Å²) in [6.45, 7) is 0. The zero-order valence-corrected chi connectivity index (χ0v) is 10.3. The van der Waals surface area contributed by atoms with E-state index in [-0.39, 0.29) is 5.56 Å². The molecule has 3 N–H and O–H groups in total. The van der Waals surface area contributed by atoms with Crippen molar-refractivity contribution in [2.24, 2.45) is 0 Å². The van der Waals surface area contributed by atoms with E-state index in [9.17, 15) is 0 Å². The molecule has 1 aromatic carbocycles. The van der Waals surface area contributed by atoms with E-state index in [4.69, 9.17) is 21.5 Å². The van der Waals surface area contributed by atoms with Crippen molar-refractivity contribution < 1.29 is 0 Å². The van der Waals surface area contributed by atoms with E-state index in [1.54, 1.807) is 12.1 Å². The van der Waals surface area contributed by atoms with Crippen LogP contribution in [-0.2, 0) is 0 Å². The number of hydrogen-bond donors (Lipinski definition) is 2. The molecule has 6 nitrogen and oxygen atoms in total. The van der Waals surface area contributed by atoms with Gasteiger partial charge in [0.05, 0.1) is 22.4 Å². The highest BCUT2D eigenvalue weighted by molar-refractivity contribution is 5.71. The van der Waals surface area contributed by atoms with Crippen molar-refractivity contribution in [1.29, 1.82) is 15.8 Å². The molecule has 0 bridgehead atoms. The van der Waals surface area contributed by atoms with Crippen LogP contribution in [0, 0.1) is 34.0 Å². The van der Waals surface area contributed by atoms with Gasteiger partial charge in [0.1, 0.15) is 18.2 Å². The number of aromatic nitrogens is 1. The summed E-state index contributed by atoms with van der Waals surface area (Å²) in [5.41, 5.74) is 7.63. The largest absolute Gasteiger partial charge is 0.396 e. The number of anilines is 3. The van der Waals surface area contributed by atoms with Gasteiger partial charge in [0.2, 0.25) is 0 Å². The van der Waals surface area contributed by atoms with Crippen LogP contribution >= 0.6 is 0 Å². The van der Waals surface area contributed by atoms with Crippen LogP contribution in [0.25, 0.3) is 0 Å². The molecule has 0 fully saturated rings. The lowest BCUT2D eigenvalue weighted by Gasteiger charge is -2.08. The fraction of sp³-hybridized carbons (Fsp3) is 0. The number of nitrogen functional groups attached to an aromatic ring is 1. The summed E-state index contributed by atoms with van der Waals surface area (Å²) in [4.78, 5) is 4.04. The Balaban J connectivity index is 2.34. The van der Waals surface area contributed by atoms with Gasteiger partial charge in [-0.1, -0.05) is 0 Å². The van der Waals surface area contributed by atoms with Crippen molar-refractivity contribution >= 4 is 17.2 Å². The van der Waals surface area contributed by atoms with Gasteiger partial charge in [0, 0.05) is 11.9 Å². The fourth-order valence-corrected chi connectivity index (χ4v) is 1.60. The summed E-state index contributed by atoms with van der Waals surface area (Å²) in [6, 6.07) is 12.1. The summed E-state index contributed by atoms with van der Waals surface area (Å²) in [5, 5.41) is 29.5. The standard InChI is InChI=1S/C14H8N6/c15-5-9-3-13(18)14(19-8-9)20-12-2-1-10(6-16)11(4-12)7-17/h1-4,8H,18H2,(H,19,20). The molecule has 0 amide bonds. The summed E-state index contributed by atoms with van der Waals surface area (Å²) >= 11 is 0. The van der Waals surface area contributed by atoms with Gasteiger partial charge in [0.15, 0.2) is 5.82 Å². The molecule has 2 aromatic rings. The van der Waals surface area contributed by atoms with E-state index in [1.807, 2.05) is 18.2 Å². The Morgan fingerprint density at radius 1 is 1.00 bits per heavy atom. The second-order valence-electron chi connectivity index (χ2n) is 3.88. The van der Waals surface area contributed by atoms with Crippen LogP contribution in [0.2, 0.25) is 0 Å². The Hall–Kier alpha value is -3.56. The molecule has 1 heterocycles. The number of nitrogens with two attached hydrogens (primary N) is 1. The zero-order valence-electron chi connectivity index (χ0n) is 10.3. The zero-order chi connectivity index (χ0) is 14.5. The Kier molecular flexibility index (Phi) is 3.47. The Morgan fingerprint density at radius 3 is 2.35 bits per heavy atom. The van der Waals surface area contributed by atoms with Crippen LogP contribution < -0.4 is 11.1 Å². The monoisotopic (exact) mass is 260 g/mol. The highest BCUT2D eigenvalue weighted by atomic mass is 15.0. The van der Waals surface area contributed by atoms with Gasteiger partial charge >= 0.3 is 0 Å². The van der Waals surface area contributed by atoms with Gasteiger partial charge in [-0.2, -0.15) is 15.8 Å². The lowest BCUT2D eigenvalue weighted by Crippen LogP contribution is -2.00. The predicted octanol–water partition coefficient (Wildman–Crippen LogP) is 2.02. The van der Waals surface area contributed by atoms with Gasteiger partial charge in [-0.3, -0.25) is 0 Å². The van der Waals surface area contributed by atoms with Crippen molar-refractivity contribution in [1.82, 2.24) is 4.98 Å². The first-order valence-corrected chi connectivity index (χ1v) is 5.55.